The Hall–Kier alpha value is -2.06. The third-order valence-corrected chi connectivity index (χ3v) is 3.27. The SMILES string of the molecule is COc1ccc(Sc2nc(NN)nc(N(C)C)n2)cc1. The van der Waals surface area contributed by atoms with Crippen LogP contribution in [0.2, 0.25) is 0 Å². The van der Waals surface area contributed by atoms with E-state index >= 15 is 0 Å². The summed E-state index contributed by atoms with van der Waals surface area (Å²) in [5.41, 5.74) is 2.44. The second-order valence-electron chi connectivity index (χ2n) is 4.06. The van der Waals surface area contributed by atoms with E-state index in [0.717, 1.165) is 10.6 Å². The highest BCUT2D eigenvalue weighted by Gasteiger charge is 2.09. The molecule has 2 aromatic rings. The van der Waals surface area contributed by atoms with E-state index in [-0.39, 0.29) is 0 Å². The number of nitrogens with two attached hydrogens (primary N) is 1. The van der Waals surface area contributed by atoms with Crippen LogP contribution in [-0.2, 0) is 0 Å². The Morgan fingerprint density at radius 3 is 2.40 bits per heavy atom. The van der Waals surface area contributed by atoms with Crippen molar-refractivity contribution in [3.63, 3.8) is 0 Å². The maximum Gasteiger partial charge on any atom is 0.242 e. The number of anilines is 2. The minimum atomic E-state index is 0.333. The zero-order chi connectivity index (χ0) is 14.5. The number of ether oxygens (including phenoxy) is 1. The summed E-state index contributed by atoms with van der Waals surface area (Å²) in [4.78, 5) is 15.5. The van der Waals surface area contributed by atoms with Crippen LogP contribution < -0.4 is 20.9 Å². The van der Waals surface area contributed by atoms with Crippen LogP contribution in [0, 0.1) is 0 Å². The van der Waals surface area contributed by atoms with Crippen molar-refractivity contribution in [3.8, 4) is 5.75 Å². The van der Waals surface area contributed by atoms with E-state index in [1.807, 2.05) is 38.4 Å². The van der Waals surface area contributed by atoms with Gasteiger partial charge < -0.3 is 9.64 Å². The van der Waals surface area contributed by atoms with Crippen molar-refractivity contribution in [3.05, 3.63) is 24.3 Å². The van der Waals surface area contributed by atoms with Crippen molar-refractivity contribution in [2.24, 2.45) is 5.84 Å². The largest absolute Gasteiger partial charge is 0.497 e. The zero-order valence-electron chi connectivity index (χ0n) is 11.5. The Balaban J connectivity index is 2.24. The smallest absolute Gasteiger partial charge is 0.242 e. The topological polar surface area (TPSA) is 89.2 Å². The van der Waals surface area contributed by atoms with Gasteiger partial charge in [-0.3, -0.25) is 5.43 Å². The molecular formula is C12H16N6OS. The molecule has 0 saturated carbocycles. The molecule has 0 saturated heterocycles. The van der Waals surface area contributed by atoms with Crippen LogP contribution in [0.25, 0.3) is 0 Å². The molecule has 2 rings (SSSR count). The van der Waals surface area contributed by atoms with Gasteiger partial charge in [-0.1, -0.05) is 0 Å². The molecule has 0 fully saturated rings. The third-order valence-electron chi connectivity index (χ3n) is 2.40. The summed E-state index contributed by atoms with van der Waals surface area (Å²) in [6, 6.07) is 7.66. The van der Waals surface area contributed by atoms with Gasteiger partial charge in [-0.05, 0) is 36.0 Å². The highest BCUT2D eigenvalue weighted by Crippen LogP contribution is 2.27. The second kappa shape index (κ2) is 6.40. The number of methoxy groups -OCH3 is 1. The average molecular weight is 292 g/mol. The second-order valence-corrected chi connectivity index (χ2v) is 5.10. The zero-order valence-corrected chi connectivity index (χ0v) is 12.3. The number of nitrogens with one attached hydrogen (secondary N) is 1. The van der Waals surface area contributed by atoms with Gasteiger partial charge in [-0.2, -0.15) is 15.0 Å². The van der Waals surface area contributed by atoms with E-state index in [1.54, 1.807) is 12.0 Å². The molecule has 106 valence electrons. The molecule has 3 N–H and O–H groups in total. The molecule has 0 aliphatic carbocycles. The van der Waals surface area contributed by atoms with Crippen molar-refractivity contribution in [1.82, 2.24) is 15.0 Å². The number of hydrogen-bond acceptors (Lipinski definition) is 8. The Kier molecular flexibility index (Phi) is 4.59. The van der Waals surface area contributed by atoms with Crippen LogP contribution >= 0.6 is 11.8 Å². The highest BCUT2D eigenvalue weighted by molar-refractivity contribution is 7.99. The Bertz CT molecular complexity index is 575. The summed E-state index contributed by atoms with van der Waals surface area (Å²) < 4.78 is 5.12. The van der Waals surface area contributed by atoms with Crippen molar-refractivity contribution >= 4 is 23.7 Å². The molecule has 8 heteroatoms. The summed E-state index contributed by atoms with van der Waals surface area (Å²) in [5, 5.41) is 0.571. The van der Waals surface area contributed by atoms with Gasteiger partial charge in [0.2, 0.25) is 11.9 Å². The van der Waals surface area contributed by atoms with Gasteiger partial charge >= 0.3 is 0 Å². The fraction of sp³-hybridized carbons (Fsp3) is 0.250. The van der Waals surface area contributed by atoms with Gasteiger partial charge in [0.1, 0.15) is 5.75 Å². The maximum absolute atomic E-state index is 5.37. The van der Waals surface area contributed by atoms with Crippen molar-refractivity contribution in [2.75, 3.05) is 31.5 Å². The lowest BCUT2D eigenvalue weighted by Crippen LogP contribution is -2.17. The van der Waals surface area contributed by atoms with E-state index in [2.05, 4.69) is 20.4 Å². The van der Waals surface area contributed by atoms with Gasteiger partial charge in [0, 0.05) is 19.0 Å². The normalized spacial score (nSPS) is 10.2. The number of nitrogens with zero attached hydrogens (tertiary/aromatic N) is 4. The number of hydrogen-bond donors (Lipinski definition) is 2. The fourth-order valence-electron chi connectivity index (χ4n) is 1.41. The Labute approximate surface area is 121 Å². The van der Waals surface area contributed by atoms with Gasteiger partial charge in [-0.25, -0.2) is 5.84 Å². The van der Waals surface area contributed by atoms with Crippen LogP contribution in [0.4, 0.5) is 11.9 Å². The molecular weight excluding hydrogens is 276 g/mol. The first-order chi connectivity index (χ1) is 9.62. The lowest BCUT2D eigenvalue weighted by Gasteiger charge is -2.12. The highest BCUT2D eigenvalue weighted by atomic mass is 32.2. The Morgan fingerprint density at radius 2 is 1.85 bits per heavy atom. The predicted octanol–water partition coefficient (Wildman–Crippen LogP) is 1.38. The molecule has 0 spiro atoms. The first-order valence-electron chi connectivity index (χ1n) is 5.84. The van der Waals surface area contributed by atoms with Crippen molar-refractivity contribution in [1.29, 1.82) is 0 Å². The van der Waals surface area contributed by atoms with Gasteiger partial charge in [-0.15, -0.1) is 0 Å². The van der Waals surface area contributed by atoms with Crippen LogP contribution in [0.5, 0.6) is 5.75 Å². The van der Waals surface area contributed by atoms with E-state index in [0.29, 0.717) is 17.1 Å². The molecule has 1 heterocycles. The summed E-state index contributed by atoms with van der Waals surface area (Å²) in [6.07, 6.45) is 0. The molecule has 7 nitrogen and oxygen atoms in total. The molecule has 0 bridgehead atoms. The molecule has 0 aliphatic rings. The molecule has 0 atom stereocenters. The number of aromatic nitrogens is 3. The molecule has 0 radical (unpaired) electrons. The van der Waals surface area contributed by atoms with E-state index in [1.165, 1.54) is 11.8 Å². The summed E-state index contributed by atoms with van der Waals surface area (Å²) in [6.45, 7) is 0. The quantitative estimate of drug-likeness (QED) is 0.631. The lowest BCUT2D eigenvalue weighted by atomic mass is 10.3. The molecule has 0 unspecified atom stereocenters. The van der Waals surface area contributed by atoms with Crippen LogP contribution in [0.3, 0.4) is 0 Å². The first-order valence-corrected chi connectivity index (χ1v) is 6.66. The number of nitrogen functional groups attached to an aromatic ring is 1. The first kappa shape index (κ1) is 14.4. The van der Waals surface area contributed by atoms with E-state index in [9.17, 15) is 0 Å². The van der Waals surface area contributed by atoms with E-state index in [4.69, 9.17) is 10.6 Å². The van der Waals surface area contributed by atoms with E-state index < -0.39 is 0 Å². The van der Waals surface area contributed by atoms with Crippen LogP contribution in [0.1, 0.15) is 0 Å². The molecule has 1 aromatic heterocycles. The lowest BCUT2D eigenvalue weighted by molar-refractivity contribution is 0.414. The predicted molar refractivity (Wildman–Crippen MR) is 79.1 cm³/mol. The number of benzene rings is 1. The van der Waals surface area contributed by atoms with Crippen LogP contribution in [0.15, 0.2) is 34.3 Å². The minimum absolute atomic E-state index is 0.333. The molecule has 20 heavy (non-hydrogen) atoms. The fourth-order valence-corrected chi connectivity index (χ4v) is 2.15. The van der Waals surface area contributed by atoms with Crippen LogP contribution in [-0.4, -0.2) is 36.2 Å². The number of hydrazine groups is 1. The van der Waals surface area contributed by atoms with Gasteiger partial charge in [0.25, 0.3) is 0 Å². The molecule has 1 aromatic carbocycles. The third kappa shape index (κ3) is 3.49. The minimum Gasteiger partial charge on any atom is -0.497 e. The monoisotopic (exact) mass is 292 g/mol. The average Bonchev–Trinajstić information content (AvgIpc) is 2.47. The summed E-state index contributed by atoms with van der Waals surface area (Å²) in [7, 11) is 5.35. The molecule has 0 aliphatic heterocycles. The number of rotatable bonds is 5. The standard InChI is InChI=1S/C12H16N6OS/c1-18(2)11-14-10(17-13)15-12(16-11)20-9-6-4-8(19-3)5-7-9/h4-7H,13H2,1-3H3,(H,14,15,16,17). The van der Waals surface area contributed by atoms with Crippen molar-refractivity contribution < 1.29 is 4.74 Å². The Morgan fingerprint density at radius 1 is 1.15 bits per heavy atom. The van der Waals surface area contributed by atoms with Gasteiger partial charge in [0.05, 0.1) is 7.11 Å². The van der Waals surface area contributed by atoms with Crippen molar-refractivity contribution in [2.45, 2.75) is 10.1 Å². The summed E-state index contributed by atoms with van der Waals surface area (Å²) >= 11 is 1.43. The maximum atomic E-state index is 5.37. The molecule has 0 amide bonds. The summed E-state index contributed by atoms with van der Waals surface area (Å²) in [5.74, 6) is 7.06. The van der Waals surface area contributed by atoms with Gasteiger partial charge in [0.15, 0.2) is 5.16 Å².